The topological polar surface area (TPSA) is 35.2 Å². The van der Waals surface area contributed by atoms with E-state index in [1.165, 1.54) is 5.56 Å². The number of hydrogen-bond acceptors (Lipinski definition) is 2. The lowest BCUT2D eigenvalue weighted by atomic mass is 10.1. The van der Waals surface area contributed by atoms with Gasteiger partial charge >= 0.3 is 0 Å². The Balaban J connectivity index is 0.00000169. The molecule has 0 radical (unpaired) electrons. The van der Waals surface area contributed by atoms with Gasteiger partial charge in [-0.3, -0.25) is 0 Å². The summed E-state index contributed by atoms with van der Waals surface area (Å²) < 4.78 is 5.50. The van der Waals surface area contributed by atoms with Gasteiger partial charge in [0, 0.05) is 11.6 Å². The highest BCUT2D eigenvalue weighted by Crippen LogP contribution is 2.24. The molecule has 0 aromatic heterocycles. The van der Waals surface area contributed by atoms with Crippen LogP contribution < -0.4 is 10.5 Å². The van der Waals surface area contributed by atoms with Crippen LogP contribution in [-0.2, 0) is 0 Å². The number of hydrogen-bond donors (Lipinski definition) is 1. The molecular weight excluding hydrogens is 198 g/mol. The van der Waals surface area contributed by atoms with Crippen molar-refractivity contribution in [2.45, 2.75) is 26.8 Å². The summed E-state index contributed by atoms with van der Waals surface area (Å²) in [7, 11) is 0. The van der Waals surface area contributed by atoms with Crippen LogP contribution in [-0.4, -0.2) is 6.61 Å². The second-order valence-corrected chi connectivity index (χ2v) is 3.26. The van der Waals surface area contributed by atoms with Gasteiger partial charge in [0.2, 0.25) is 0 Å². The van der Waals surface area contributed by atoms with Crippen molar-refractivity contribution in [3.8, 4) is 5.75 Å². The number of aryl methyl sites for hydroxylation is 1. The fourth-order valence-corrected chi connectivity index (χ4v) is 1.30. The summed E-state index contributed by atoms with van der Waals surface area (Å²) in [6.07, 6.45) is 0. The van der Waals surface area contributed by atoms with E-state index in [0.717, 1.165) is 11.3 Å². The van der Waals surface area contributed by atoms with Crippen LogP contribution in [0.2, 0.25) is 0 Å². The molecule has 0 amide bonds. The monoisotopic (exact) mass is 215 g/mol. The molecule has 0 spiro atoms. The molecule has 0 saturated heterocycles. The summed E-state index contributed by atoms with van der Waals surface area (Å²) in [5, 5.41) is 0. The van der Waals surface area contributed by atoms with Crippen molar-refractivity contribution in [3.63, 3.8) is 0 Å². The Labute approximate surface area is 91.9 Å². The fourth-order valence-electron chi connectivity index (χ4n) is 1.30. The Morgan fingerprint density at radius 2 is 2.07 bits per heavy atom. The van der Waals surface area contributed by atoms with Gasteiger partial charge in [0.1, 0.15) is 5.75 Å². The Morgan fingerprint density at radius 1 is 1.43 bits per heavy atom. The van der Waals surface area contributed by atoms with Crippen LogP contribution in [0.4, 0.5) is 0 Å². The highest BCUT2D eigenvalue weighted by atomic mass is 35.5. The quantitative estimate of drug-likeness (QED) is 0.842. The summed E-state index contributed by atoms with van der Waals surface area (Å²) in [4.78, 5) is 0. The molecule has 0 aliphatic heterocycles. The lowest BCUT2D eigenvalue weighted by molar-refractivity contribution is 0.334. The number of nitrogens with two attached hydrogens (primary N) is 1. The van der Waals surface area contributed by atoms with Crippen LogP contribution in [0.25, 0.3) is 0 Å². The van der Waals surface area contributed by atoms with Gasteiger partial charge in [-0.2, -0.15) is 0 Å². The van der Waals surface area contributed by atoms with Crippen LogP contribution in [0.3, 0.4) is 0 Å². The molecule has 2 N–H and O–H groups in total. The Kier molecular flexibility index (Phi) is 5.58. The fraction of sp³-hybridized carbons (Fsp3) is 0.455. The predicted molar refractivity (Wildman–Crippen MR) is 62.2 cm³/mol. The van der Waals surface area contributed by atoms with E-state index in [9.17, 15) is 0 Å². The molecule has 0 aliphatic carbocycles. The number of benzene rings is 1. The molecule has 1 rings (SSSR count). The van der Waals surface area contributed by atoms with Crippen LogP contribution >= 0.6 is 12.4 Å². The van der Waals surface area contributed by atoms with Crippen LogP contribution in [0.15, 0.2) is 18.2 Å². The lowest BCUT2D eigenvalue weighted by Crippen LogP contribution is -2.08. The molecule has 0 fully saturated rings. The Hall–Kier alpha value is -0.730. The molecular formula is C11H18ClNO. The number of rotatable bonds is 3. The number of halogens is 1. The van der Waals surface area contributed by atoms with Gasteiger partial charge < -0.3 is 10.5 Å². The van der Waals surface area contributed by atoms with E-state index in [-0.39, 0.29) is 18.4 Å². The first-order chi connectivity index (χ1) is 6.15. The van der Waals surface area contributed by atoms with E-state index >= 15 is 0 Å². The summed E-state index contributed by atoms with van der Waals surface area (Å²) in [5.74, 6) is 0.914. The van der Waals surface area contributed by atoms with Crippen LogP contribution in [0.5, 0.6) is 5.75 Å². The zero-order valence-corrected chi connectivity index (χ0v) is 9.73. The van der Waals surface area contributed by atoms with E-state index in [1.54, 1.807) is 0 Å². The Bertz CT molecular complexity index is 287. The van der Waals surface area contributed by atoms with E-state index in [4.69, 9.17) is 10.5 Å². The lowest BCUT2D eigenvalue weighted by Gasteiger charge is -2.13. The van der Waals surface area contributed by atoms with Crippen LogP contribution in [0.1, 0.15) is 31.0 Å². The van der Waals surface area contributed by atoms with E-state index in [1.807, 2.05) is 32.9 Å². The largest absolute Gasteiger partial charge is 0.494 e. The standard InChI is InChI=1S/C11H17NO.ClH/c1-4-13-11-7-8(2)5-6-10(11)9(3)12;/h5-7,9H,4,12H2,1-3H3;1H. The maximum atomic E-state index is 5.81. The first kappa shape index (κ1) is 13.3. The number of ether oxygens (including phenoxy) is 1. The average molecular weight is 216 g/mol. The molecule has 3 heteroatoms. The van der Waals surface area contributed by atoms with Crippen molar-refractivity contribution in [2.24, 2.45) is 5.73 Å². The highest BCUT2D eigenvalue weighted by molar-refractivity contribution is 5.85. The van der Waals surface area contributed by atoms with Crippen molar-refractivity contribution >= 4 is 12.4 Å². The Morgan fingerprint density at radius 3 is 2.57 bits per heavy atom. The molecule has 1 unspecified atom stereocenters. The van der Waals surface area contributed by atoms with Gasteiger partial charge in [0.25, 0.3) is 0 Å². The van der Waals surface area contributed by atoms with Crippen LogP contribution in [0, 0.1) is 6.92 Å². The molecule has 1 aromatic carbocycles. The van der Waals surface area contributed by atoms with Gasteiger partial charge in [-0.25, -0.2) is 0 Å². The second-order valence-electron chi connectivity index (χ2n) is 3.26. The van der Waals surface area contributed by atoms with E-state index in [2.05, 4.69) is 6.07 Å². The van der Waals surface area contributed by atoms with Crippen molar-refractivity contribution in [1.82, 2.24) is 0 Å². The third kappa shape index (κ3) is 3.20. The third-order valence-corrected chi connectivity index (χ3v) is 1.96. The molecule has 0 aliphatic rings. The normalized spacial score (nSPS) is 11.7. The summed E-state index contributed by atoms with van der Waals surface area (Å²) in [5.41, 5.74) is 8.09. The molecule has 1 aromatic rings. The second kappa shape index (κ2) is 5.89. The average Bonchev–Trinajstić information content (AvgIpc) is 2.04. The maximum Gasteiger partial charge on any atom is 0.124 e. The van der Waals surface area contributed by atoms with Crippen molar-refractivity contribution in [3.05, 3.63) is 29.3 Å². The predicted octanol–water partition coefficient (Wildman–Crippen LogP) is 2.84. The zero-order chi connectivity index (χ0) is 9.84. The molecule has 2 nitrogen and oxygen atoms in total. The first-order valence-corrected chi connectivity index (χ1v) is 4.64. The minimum absolute atomic E-state index is 0. The third-order valence-electron chi connectivity index (χ3n) is 1.96. The van der Waals surface area contributed by atoms with Gasteiger partial charge in [-0.05, 0) is 32.4 Å². The van der Waals surface area contributed by atoms with Gasteiger partial charge in [-0.15, -0.1) is 12.4 Å². The smallest absolute Gasteiger partial charge is 0.124 e. The maximum absolute atomic E-state index is 5.81. The molecule has 0 bridgehead atoms. The minimum atomic E-state index is 0. The van der Waals surface area contributed by atoms with Crippen molar-refractivity contribution in [1.29, 1.82) is 0 Å². The highest BCUT2D eigenvalue weighted by Gasteiger charge is 2.07. The van der Waals surface area contributed by atoms with Crippen molar-refractivity contribution < 1.29 is 4.74 Å². The molecule has 80 valence electrons. The molecule has 0 heterocycles. The van der Waals surface area contributed by atoms with E-state index in [0.29, 0.717) is 6.61 Å². The minimum Gasteiger partial charge on any atom is -0.494 e. The first-order valence-electron chi connectivity index (χ1n) is 4.64. The molecule has 0 saturated carbocycles. The molecule has 14 heavy (non-hydrogen) atoms. The van der Waals surface area contributed by atoms with Crippen molar-refractivity contribution in [2.75, 3.05) is 6.61 Å². The SMILES string of the molecule is CCOc1cc(C)ccc1C(C)N.Cl. The van der Waals surface area contributed by atoms with Gasteiger partial charge in [0.05, 0.1) is 6.61 Å². The van der Waals surface area contributed by atoms with E-state index < -0.39 is 0 Å². The summed E-state index contributed by atoms with van der Waals surface area (Å²) >= 11 is 0. The zero-order valence-electron chi connectivity index (χ0n) is 8.91. The molecule has 1 atom stereocenters. The summed E-state index contributed by atoms with van der Waals surface area (Å²) in [6.45, 7) is 6.68. The summed E-state index contributed by atoms with van der Waals surface area (Å²) in [6, 6.07) is 6.15. The van der Waals surface area contributed by atoms with Gasteiger partial charge in [-0.1, -0.05) is 12.1 Å². The van der Waals surface area contributed by atoms with Gasteiger partial charge in [0.15, 0.2) is 0 Å².